The van der Waals surface area contributed by atoms with Crippen molar-refractivity contribution < 1.29 is 23.4 Å². The number of nitrogens with one attached hydrogen (secondary N) is 3. The van der Waals surface area contributed by atoms with Gasteiger partial charge in [-0.25, -0.2) is 18.7 Å². The second-order valence-electron chi connectivity index (χ2n) is 8.13. The van der Waals surface area contributed by atoms with Gasteiger partial charge in [-0.3, -0.25) is 9.48 Å². The van der Waals surface area contributed by atoms with E-state index in [4.69, 9.17) is 9.84 Å². The Balaban J connectivity index is 1.33. The molecule has 2 heterocycles. The lowest BCUT2D eigenvalue weighted by Gasteiger charge is -2.10. The molecule has 0 saturated carbocycles. The van der Waals surface area contributed by atoms with Crippen LogP contribution in [0.2, 0.25) is 0 Å². The van der Waals surface area contributed by atoms with Gasteiger partial charge in [0.25, 0.3) is 0 Å². The Bertz CT molecular complexity index is 1350. The van der Waals surface area contributed by atoms with Gasteiger partial charge in [-0.1, -0.05) is 6.07 Å². The molecule has 37 heavy (non-hydrogen) atoms. The lowest BCUT2D eigenvalue weighted by molar-refractivity contribution is -0.116. The summed E-state index contributed by atoms with van der Waals surface area (Å²) >= 11 is 0. The maximum atomic E-state index is 13.8. The molecule has 0 aliphatic carbocycles. The maximum absolute atomic E-state index is 13.8. The molecule has 4 aromatic rings. The zero-order chi connectivity index (χ0) is 26.0. The monoisotopic (exact) mass is 511 g/mol. The van der Waals surface area contributed by atoms with Gasteiger partial charge in [0.2, 0.25) is 5.91 Å². The number of hydrogen-bond acceptors (Lipinski definition) is 8. The molecule has 0 atom stereocenters. The van der Waals surface area contributed by atoms with Crippen molar-refractivity contribution in [1.82, 2.24) is 25.1 Å². The number of rotatable bonds is 13. The van der Waals surface area contributed by atoms with Crippen molar-refractivity contribution in [1.29, 1.82) is 0 Å². The third-order valence-electron chi connectivity index (χ3n) is 5.31. The molecule has 0 aliphatic heterocycles. The van der Waals surface area contributed by atoms with E-state index in [0.29, 0.717) is 29.4 Å². The van der Waals surface area contributed by atoms with Crippen LogP contribution in [0.3, 0.4) is 0 Å². The van der Waals surface area contributed by atoms with Crippen LogP contribution in [0.4, 0.5) is 26.0 Å². The summed E-state index contributed by atoms with van der Waals surface area (Å²) in [6.45, 7) is 2.12. The number of fused-ring (bicyclic) bond motifs is 1. The predicted molar refractivity (Wildman–Crippen MR) is 135 cm³/mol. The molecule has 2 aromatic heterocycles. The summed E-state index contributed by atoms with van der Waals surface area (Å²) in [6.07, 6.45) is 6.12. The van der Waals surface area contributed by atoms with Crippen LogP contribution in [-0.4, -0.2) is 57.1 Å². The number of aliphatic hydroxyl groups excluding tert-OH is 1. The molecule has 0 unspecified atom stereocenters. The molecule has 0 aliphatic rings. The van der Waals surface area contributed by atoms with E-state index < -0.39 is 17.5 Å². The standard InChI is InChI=1S/C25H27F2N7O3/c26-20-4-1-5-21(24(20)27)33-23(36)15-34-14-17(13-31-34)32-25-19-7-6-18(12-22(19)29-16-30-25)37-11-3-9-28-8-2-10-35/h1,4-7,12-14,16,28,35H,2-3,8-11,15H2,(H,33,36)(H,29,30,32). The van der Waals surface area contributed by atoms with E-state index >= 15 is 0 Å². The van der Waals surface area contributed by atoms with E-state index in [0.717, 1.165) is 37.4 Å². The molecule has 4 rings (SSSR count). The van der Waals surface area contributed by atoms with Crippen molar-refractivity contribution in [2.75, 3.05) is 36.9 Å². The van der Waals surface area contributed by atoms with Crippen LogP contribution >= 0.6 is 0 Å². The minimum Gasteiger partial charge on any atom is -0.493 e. The Kier molecular flexibility index (Phi) is 8.89. The number of carbonyl (C=O) groups excluding carboxylic acids is 1. The number of carbonyl (C=O) groups is 1. The zero-order valence-corrected chi connectivity index (χ0v) is 20.0. The highest BCUT2D eigenvalue weighted by Gasteiger charge is 2.12. The SMILES string of the molecule is O=C(Cn1cc(Nc2ncnc3cc(OCCCNCCCO)ccc23)cn1)Nc1cccc(F)c1F. The van der Waals surface area contributed by atoms with Gasteiger partial charge in [-0.05, 0) is 50.2 Å². The number of aromatic nitrogens is 4. The number of nitrogens with zero attached hydrogens (tertiary/aromatic N) is 4. The van der Waals surface area contributed by atoms with Gasteiger partial charge >= 0.3 is 0 Å². The summed E-state index contributed by atoms with van der Waals surface area (Å²) < 4.78 is 34.3. The summed E-state index contributed by atoms with van der Waals surface area (Å²) in [5, 5.41) is 22.4. The van der Waals surface area contributed by atoms with Gasteiger partial charge in [-0.2, -0.15) is 5.10 Å². The lowest BCUT2D eigenvalue weighted by atomic mass is 10.2. The van der Waals surface area contributed by atoms with Crippen LogP contribution in [0.5, 0.6) is 5.75 Å². The van der Waals surface area contributed by atoms with Crippen molar-refractivity contribution >= 4 is 34.0 Å². The second-order valence-corrected chi connectivity index (χ2v) is 8.13. The number of benzene rings is 2. The molecule has 0 fully saturated rings. The third kappa shape index (κ3) is 7.18. The van der Waals surface area contributed by atoms with E-state index in [1.54, 1.807) is 6.20 Å². The molecule has 0 spiro atoms. The molecule has 194 valence electrons. The summed E-state index contributed by atoms with van der Waals surface area (Å²) in [5.41, 5.74) is 1.04. The van der Waals surface area contributed by atoms with Gasteiger partial charge in [0, 0.05) is 24.3 Å². The van der Waals surface area contributed by atoms with Gasteiger partial charge in [0.1, 0.15) is 24.4 Å². The summed E-state index contributed by atoms with van der Waals surface area (Å²) in [6, 6.07) is 9.10. The number of anilines is 3. The van der Waals surface area contributed by atoms with Crippen molar-refractivity contribution in [3.05, 3.63) is 66.8 Å². The number of amides is 1. The highest BCUT2D eigenvalue weighted by atomic mass is 19.2. The first-order valence-electron chi connectivity index (χ1n) is 11.8. The van der Waals surface area contributed by atoms with E-state index in [2.05, 4.69) is 31.0 Å². The van der Waals surface area contributed by atoms with Crippen LogP contribution in [0.15, 0.2) is 55.1 Å². The molecule has 0 bridgehead atoms. The van der Waals surface area contributed by atoms with Crippen LogP contribution in [0.25, 0.3) is 10.9 Å². The average molecular weight is 512 g/mol. The van der Waals surface area contributed by atoms with E-state index in [-0.39, 0.29) is 18.8 Å². The predicted octanol–water partition coefficient (Wildman–Crippen LogP) is 3.23. The molecular formula is C25H27F2N7O3. The second kappa shape index (κ2) is 12.7. The number of aliphatic hydroxyl groups is 1. The van der Waals surface area contributed by atoms with Crippen molar-refractivity contribution in [3.63, 3.8) is 0 Å². The molecule has 1 amide bonds. The highest BCUT2D eigenvalue weighted by Crippen LogP contribution is 2.26. The van der Waals surface area contributed by atoms with Gasteiger partial charge < -0.3 is 25.8 Å². The van der Waals surface area contributed by atoms with E-state index in [9.17, 15) is 13.6 Å². The first-order chi connectivity index (χ1) is 18.0. The normalized spacial score (nSPS) is 11.0. The van der Waals surface area contributed by atoms with Gasteiger partial charge in [0.05, 0.1) is 29.7 Å². The Labute approximate surface area is 211 Å². The van der Waals surface area contributed by atoms with Crippen molar-refractivity contribution in [3.8, 4) is 5.75 Å². The van der Waals surface area contributed by atoms with E-state index in [1.807, 2.05) is 18.2 Å². The maximum Gasteiger partial charge on any atom is 0.246 e. The minimum atomic E-state index is -1.12. The van der Waals surface area contributed by atoms with Crippen LogP contribution in [-0.2, 0) is 11.3 Å². The summed E-state index contributed by atoms with van der Waals surface area (Å²) in [5.74, 6) is -1.47. The van der Waals surface area contributed by atoms with Gasteiger partial charge in [-0.15, -0.1) is 0 Å². The summed E-state index contributed by atoms with van der Waals surface area (Å²) in [4.78, 5) is 20.9. The largest absolute Gasteiger partial charge is 0.493 e. The number of halogens is 2. The Morgan fingerprint density at radius 2 is 1.97 bits per heavy atom. The Morgan fingerprint density at radius 3 is 2.84 bits per heavy atom. The first kappa shape index (κ1) is 25.9. The topological polar surface area (TPSA) is 126 Å². The van der Waals surface area contributed by atoms with E-state index in [1.165, 1.54) is 29.3 Å². The van der Waals surface area contributed by atoms with Crippen LogP contribution in [0.1, 0.15) is 12.8 Å². The number of ether oxygens (including phenoxy) is 1. The molecule has 10 nitrogen and oxygen atoms in total. The Hall–Kier alpha value is -4.16. The molecular weight excluding hydrogens is 484 g/mol. The fourth-order valence-corrected chi connectivity index (χ4v) is 3.53. The lowest BCUT2D eigenvalue weighted by Crippen LogP contribution is -2.19. The van der Waals surface area contributed by atoms with Crippen molar-refractivity contribution in [2.45, 2.75) is 19.4 Å². The number of hydrogen-bond donors (Lipinski definition) is 4. The molecule has 4 N–H and O–H groups in total. The first-order valence-corrected chi connectivity index (χ1v) is 11.8. The van der Waals surface area contributed by atoms with Gasteiger partial charge in [0.15, 0.2) is 11.6 Å². The fourth-order valence-electron chi connectivity index (χ4n) is 3.53. The third-order valence-corrected chi connectivity index (χ3v) is 5.31. The van der Waals surface area contributed by atoms with Crippen LogP contribution in [0, 0.1) is 11.6 Å². The molecule has 0 saturated heterocycles. The molecule has 2 aromatic carbocycles. The Morgan fingerprint density at radius 1 is 1.11 bits per heavy atom. The van der Waals surface area contributed by atoms with Crippen molar-refractivity contribution in [2.24, 2.45) is 0 Å². The quantitative estimate of drug-likeness (QED) is 0.202. The molecule has 0 radical (unpaired) electrons. The smallest absolute Gasteiger partial charge is 0.246 e. The highest BCUT2D eigenvalue weighted by molar-refractivity contribution is 5.92. The zero-order valence-electron chi connectivity index (χ0n) is 20.0. The fraction of sp³-hybridized carbons (Fsp3) is 0.280. The summed E-state index contributed by atoms with van der Waals surface area (Å²) in [7, 11) is 0. The average Bonchev–Trinajstić information content (AvgIpc) is 3.32. The molecule has 12 heteroatoms. The van der Waals surface area contributed by atoms with Crippen LogP contribution < -0.4 is 20.7 Å². The minimum absolute atomic E-state index is 0.180.